The van der Waals surface area contributed by atoms with Crippen LogP contribution < -0.4 is 0 Å². The second kappa shape index (κ2) is 19.5. The van der Waals surface area contributed by atoms with E-state index in [0.717, 1.165) is 67.6 Å². The summed E-state index contributed by atoms with van der Waals surface area (Å²) in [6.45, 7) is 14.8. The first-order valence-electron chi connectivity index (χ1n) is 21.8. The molecule has 0 aromatic rings. The highest BCUT2D eigenvalue weighted by atomic mass is 16.7. The molecule has 0 spiro atoms. The summed E-state index contributed by atoms with van der Waals surface area (Å²) in [6, 6.07) is 0. The van der Waals surface area contributed by atoms with Crippen molar-refractivity contribution in [2.45, 2.75) is 214 Å². The van der Waals surface area contributed by atoms with Gasteiger partial charge in [0.25, 0.3) is 0 Å². The molecule has 0 heterocycles. The van der Waals surface area contributed by atoms with E-state index in [1.165, 1.54) is 135 Å². The fourth-order valence-electron chi connectivity index (χ4n) is 12.0. The van der Waals surface area contributed by atoms with Gasteiger partial charge in [0, 0.05) is 6.42 Å². The second-order valence-corrected chi connectivity index (χ2v) is 18.7. The molecule has 4 rings (SSSR count). The van der Waals surface area contributed by atoms with Crippen molar-refractivity contribution >= 4 is 6.16 Å². The van der Waals surface area contributed by atoms with Gasteiger partial charge in [-0.1, -0.05) is 142 Å². The van der Waals surface area contributed by atoms with E-state index >= 15 is 0 Å². The summed E-state index contributed by atoms with van der Waals surface area (Å²) in [4.78, 5) is 12.0. The van der Waals surface area contributed by atoms with Crippen molar-refractivity contribution < 1.29 is 14.6 Å². The van der Waals surface area contributed by atoms with Gasteiger partial charge < -0.3 is 9.84 Å². The molecule has 0 aromatic carbocycles. The van der Waals surface area contributed by atoms with Gasteiger partial charge >= 0.3 is 6.16 Å². The summed E-state index contributed by atoms with van der Waals surface area (Å²) in [5.41, 5.74) is 1.76. The molecule has 4 aliphatic carbocycles. The SMILES string of the molecule is CCCCCCCC/C=C\CCCCCCCCC1(OC(=O)O)CC[C@@]2(C)C(=CC[C@H]3[C@@H]4CC[C@H]([C@H](C)CCCC(C)C)[C@@]4(C)CC[C@@H]32)C1. The van der Waals surface area contributed by atoms with Crippen LogP contribution in [-0.4, -0.2) is 16.9 Å². The van der Waals surface area contributed by atoms with Gasteiger partial charge in [-0.3, -0.25) is 0 Å². The Hall–Kier alpha value is -1.25. The topological polar surface area (TPSA) is 46.5 Å². The van der Waals surface area contributed by atoms with Crippen molar-refractivity contribution in [3.05, 3.63) is 23.8 Å². The molecule has 3 fully saturated rings. The summed E-state index contributed by atoms with van der Waals surface area (Å²) in [6.07, 6.45) is 39.3. The minimum Gasteiger partial charge on any atom is -0.450 e. The fourth-order valence-corrected chi connectivity index (χ4v) is 12.0. The summed E-state index contributed by atoms with van der Waals surface area (Å²) in [5.74, 6) is 4.99. The third-order valence-corrected chi connectivity index (χ3v) is 14.9. The zero-order chi connectivity index (χ0) is 35.3. The van der Waals surface area contributed by atoms with Crippen LogP contribution in [0.5, 0.6) is 0 Å². The summed E-state index contributed by atoms with van der Waals surface area (Å²) in [7, 11) is 0. The number of carbonyl (C=O) groups is 1. The zero-order valence-electron chi connectivity index (χ0n) is 33.3. The van der Waals surface area contributed by atoms with Gasteiger partial charge in [0.15, 0.2) is 0 Å². The molecule has 49 heavy (non-hydrogen) atoms. The number of allylic oxidation sites excluding steroid dienone is 3. The van der Waals surface area contributed by atoms with Crippen LogP contribution >= 0.6 is 0 Å². The second-order valence-electron chi connectivity index (χ2n) is 18.7. The first kappa shape index (κ1) is 40.5. The standard InChI is InChI=1S/C46H80O3/c1-7-8-9-10-11-12-13-14-15-16-17-18-19-20-21-22-31-46(49-43(47)48)34-33-44(5)38(35-46)26-27-39-41-29-28-40(37(4)25-23-24-36(2)3)45(41,6)32-30-42(39)44/h14-15,26,36-37,39-42H,7-13,16-25,27-35H2,1-6H3,(H,47,48)/b15-14-/t37-,39+,40-,41+,42+,44+,45-,46?/m1/s1. The molecule has 0 saturated heterocycles. The molecule has 0 radical (unpaired) electrons. The molecule has 0 amide bonds. The number of fused-ring (bicyclic) bond motifs is 5. The Labute approximate surface area is 304 Å². The van der Waals surface area contributed by atoms with E-state index in [4.69, 9.17) is 4.74 Å². The summed E-state index contributed by atoms with van der Waals surface area (Å²) in [5, 5.41) is 9.85. The maximum Gasteiger partial charge on any atom is 0.506 e. The van der Waals surface area contributed by atoms with E-state index in [0.29, 0.717) is 5.41 Å². The summed E-state index contributed by atoms with van der Waals surface area (Å²) >= 11 is 0. The number of hydrogen-bond donors (Lipinski definition) is 1. The largest absolute Gasteiger partial charge is 0.506 e. The minimum absolute atomic E-state index is 0.222. The first-order chi connectivity index (χ1) is 23.5. The van der Waals surface area contributed by atoms with Crippen molar-refractivity contribution in [2.24, 2.45) is 46.3 Å². The van der Waals surface area contributed by atoms with Crippen LogP contribution in [0.3, 0.4) is 0 Å². The minimum atomic E-state index is -1.07. The van der Waals surface area contributed by atoms with Crippen molar-refractivity contribution in [2.75, 3.05) is 0 Å². The average molecular weight is 681 g/mol. The lowest BCUT2D eigenvalue weighted by molar-refractivity contribution is -0.0877. The van der Waals surface area contributed by atoms with Gasteiger partial charge in [0.2, 0.25) is 0 Å². The highest BCUT2D eigenvalue weighted by molar-refractivity contribution is 5.58. The van der Waals surface area contributed by atoms with E-state index in [9.17, 15) is 9.90 Å². The Morgan fingerprint density at radius 2 is 1.47 bits per heavy atom. The van der Waals surface area contributed by atoms with Crippen LogP contribution in [0.15, 0.2) is 23.8 Å². The fraction of sp³-hybridized carbons (Fsp3) is 0.891. The molecule has 3 heteroatoms. The maximum atomic E-state index is 12.0. The van der Waals surface area contributed by atoms with Gasteiger partial charge in [0.05, 0.1) is 0 Å². The van der Waals surface area contributed by atoms with Crippen LogP contribution in [0.1, 0.15) is 208 Å². The van der Waals surface area contributed by atoms with Crippen LogP contribution in [0.2, 0.25) is 0 Å². The van der Waals surface area contributed by atoms with Crippen molar-refractivity contribution in [3.8, 4) is 0 Å². The quantitative estimate of drug-likeness (QED) is 0.0703. The molecule has 282 valence electrons. The lowest BCUT2D eigenvalue weighted by atomic mass is 9.46. The number of unbranched alkanes of at least 4 members (excludes halogenated alkanes) is 12. The molecule has 0 bridgehead atoms. The Bertz CT molecular complexity index is 1040. The molecule has 1 unspecified atom stereocenters. The highest BCUT2D eigenvalue weighted by Gasteiger charge is 2.60. The van der Waals surface area contributed by atoms with E-state index < -0.39 is 11.8 Å². The van der Waals surface area contributed by atoms with Crippen LogP contribution in [0.25, 0.3) is 0 Å². The summed E-state index contributed by atoms with van der Waals surface area (Å²) < 4.78 is 5.87. The van der Waals surface area contributed by atoms with Gasteiger partial charge in [-0.05, 0) is 130 Å². The lowest BCUT2D eigenvalue weighted by Crippen LogP contribution is -2.53. The Balaban J connectivity index is 1.22. The maximum absolute atomic E-state index is 12.0. The van der Waals surface area contributed by atoms with Gasteiger partial charge in [0.1, 0.15) is 5.60 Å². The Morgan fingerprint density at radius 1 is 0.816 bits per heavy atom. The number of rotatable bonds is 22. The van der Waals surface area contributed by atoms with E-state index in [1.54, 1.807) is 5.57 Å². The zero-order valence-corrected chi connectivity index (χ0v) is 33.3. The Kier molecular flexibility index (Phi) is 16.2. The molecule has 0 aromatic heterocycles. The molecule has 1 N–H and O–H groups in total. The third-order valence-electron chi connectivity index (χ3n) is 14.9. The van der Waals surface area contributed by atoms with Gasteiger partial charge in [-0.2, -0.15) is 0 Å². The van der Waals surface area contributed by atoms with E-state index in [1.807, 2.05) is 0 Å². The van der Waals surface area contributed by atoms with Crippen LogP contribution in [0.4, 0.5) is 4.79 Å². The lowest BCUT2D eigenvalue weighted by Gasteiger charge is -2.59. The number of hydrogen-bond acceptors (Lipinski definition) is 2. The molecule has 4 aliphatic rings. The van der Waals surface area contributed by atoms with Crippen LogP contribution in [0, 0.1) is 46.3 Å². The highest BCUT2D eigenvalue weighted by Crippen LogP contribution is 2.68. The molecular formula is C46H80O3. The van der Waals surface area contributed by atoms with Gasteiger partial charge in [-0.15, -0.1) is 0 Å². The molecule has 8 atom stereocenters. The molecule has 3 saturated carbocycles. The van der Waals surface area contributed by atoms with Crippen molar-refractivity contribution in [3.63, 3.8) is 0 Å². The molecule has 0 aliphatic heterocycles. The predicted octanol–water partition coefficient (Wildman–Crippen LogP) is 14.9. The Morgan fingerprint density at radius 3 is 2.12 bits per heavy atom. The molecular weight excluding hydrogens is 601 g/mol. The number of ether oxygens (including phenoxy) is 1. The normalized spacial score (nSPS) is 33.2. The molecule has 3 nitrogen and oxygen atoms in total. The third kappa shape index (κ3) is 10.9. The monoisotopic (exact) mass is 681 g/mol. The smallest absolute Gasteiger partial charge is 0.450 e. The van der Waals surface area contributed by atoms with Gasteiger partial charge in [-0.25, -0.2) is 4.79 Å². The van der Waals surface area contributed by atoms with Crippen LogP contribution in [-0.2, 0) is 4.74 Å². The number of carboxylic acid groups (broad SMARTS) is 1. The van der Waals surface area contributed by atoms with E-state index in [-0.39, 0.29) is 5.41 Å². The average Bonchev–Trinajstić information content (AvgIpc) is 3.42. The van der Waals surface area contributed by atoms with Crippen molar-refractivity contribution in [1.82, 2.24) is 0 Å². The van der Waals surface area contributed by atoms with Crippen molar-refractivity contribution in [1.29, 1.82) is 0 Å². The van der Waals surface area contributed by atoms with E-state index in [2.05, 4.69) is 59.8 Å². The predicted molar refractivity (Wildman–Crippen MR) is 209 cm³/mol. The first-order valence-corrected chi connectivity index (χ1v) is 21.8.